The number of fused-ring (bicyclic) bond motifs is 1. The van der Waals surface area contributed by atoms with Gasteiger partial charge in [-0.25, -0.2) is 18.3 Å². The number of rotatable bonds is 4. The molecule has 3 rings (SSSR count). The number of hydrogen-bond acceptors (Lipinski definition) is 4. The van der Waals surface area contributed by atoms with E-state index in [0.29, 0.717) is 12.1 Å². The van der Waals surface area contributed by atoms with E-state index in [-0.39, 0.29) is 29.2 Å². The van der Waals surface area contributed by atoms with Crippen LogP contribution >= 0.6 is 0 Å². The summed E-state index contributed by atoms with van der Waals surface area (Å²) in [5.41, 5.74) is -0.0729. The van der Waals surface area contributed by atoms with Crippen molar-refractivity contribution in [3.63, 3.8) is 0 Å². The first-order valence-electron chi connectivity index (χ1n) is 7.33. The monoisotopic (exact) mass is 326 g/mol. The molecule has 0 bridgehead atoms. The summed E-state index contributed by atoms with van der Waals surface area (Å²) >= 11 is 0. The van der Waals surface area contributed by atoms with Crippen LogP contribution in [0.1, 0.15) is 35.8 Å². The highest BCUT2D eigenvalue weighted by atomic mass is 19.1. The minimum atomic E-state index is -0.867. The molecule has 0 unspecified atom stereocenters. The Labute approximate surface area is 136 Å². The first kappa shape index (κ1) is 15.7. The second-order valence-electron chi connectivity index (χ2n) is 5.20. The molecule has 0 saturated heterocycles. The van der Waals surface area contributed by atoms with Gasteiger partial charge in [-0.2, -0.15) is 10.4 Å². The first-order chi connectivity index (χ1) is 11.6. The van der Waals surface area contributed by atoms with Crippen LogP contribution < -0.4 is 0 Å². The summed E-state index contributed by atoms with van der Waals surface area (Å²) in [5.74, 6) is -1.96. The lowest BCUT2D eigenvalue weighted by Crippen LogP contribution is -2.04. The van der Waals surface area contributed by atoms with E-state index in [0.717, 1.165) is 12.1 Å². The van der Waals surface area contributed by atoms with Crippen molar-refractivity contribution in [2.24, 2.45) is 0 Å². The van der Waals surface area contributed by atoms with Gasteiger partial charge in [0, 0.05) is 18.2 Å². The Balaban J connectivity index is 2.33. The second-order valence-corrected chi connectivity index (χ2v) is 5.20. The molecular formula is C17H12F2N4O. The molecule has 0 aliphatic carbocycles. The first-order valence-corrected chi connectivity index (χ1v) is 7.33. The van der Waals surface area contributed by atoms with E-state index in [1.807, 2.05) is 6.92 Å². The van der Waals surface area contributed by atoms with Crippen molar-refractivity contribution >= 4 is 11.4 Å². The molecule has 2 heterocycles. The lowest BCUT2D eigenvalue weighted by Gasteiger charge is -2.06. The number of benzene rings is 1. The van der Waals surface area contributed by atoms with Crippen molar-refractivity contribution in [3.8, 4) is 17.3 Å². The maximum Gasteiger partial charge on any atom is 0.183 e. The molecule has 0 spiro atoms. The van der Waals surface area contributed by atoms with Crippen LogP contribution in [0.3, 0.4) is 0 Å². The molecule has 0 radical (unpaired) electrons. The zero-order chi connectivity index (χ0) is 17.3. The van der Waals surface area contributed by atoms with Crippen LogP contribution in [0.15, 0.2) is 30.5 Å². The standard InChI is InChI=1S/C17H12F2N4O/c1-2-4-14(24)16-17(23-15(22-16)5-3-6-21-23)11-8-12(18)10(9-20)7-13(11)19/h3,5-8H,2,4H2,1H3. The Morgan fingerprint density at radius 3 is 2.83 bits per heavy atom. The third kappa shape index (κ3) is 2.52. The van der Waals surface area contributed by atoms with E-state index in [1.54, 1.807) is 18.2 Å². The summed E-state index contributed by atoms with van der Waals surface area (Å²) in [5, 5.41) is 12.9. The average Bonchev–Trinajstić information content (AvgIpc) is 2.96. The molecule has 0 aliphatic heterocycles. The summed E-state index contributed by atoms with van der Waals surface area (Å²) in [7, 11) is 0. The second kappa shape index (κ2) is 6.16. The zero-order valence-electron chi connectivity index (χ0n) is 12.8. The van der Waals surface area contributed by atoms with Crippen LogP contribution in [0.25, 0.3) is 16.9 Å². The van der Waals surface area contributed by atoms with Crippen molar-refractivity contribution in [2.75, 3.05) is 0 Å². The largest absolute Gasteiger partial charge is 0.292 e. The Hall–Kier alpha value is -3.14. The third-order valence-electron chi connectivity index (χ3n) is 3.57. The number of Topliss-reactive ketones (excluding diaryl/α,β-unsaturated/α-hetero) is 1. The number of ketones is 1. The molecule has 24 heavy (non-hydrogen) atoms. The number of halogens is 2. The molecule has 2 aromatic heterocycles. The van der Waals surface area contributed by atoms with Crippen molar-refractivity contribution in [2.45, 2.75) is 19.8 Å². The fourth-order valence-electron chi connectivity index (χ4n) is 2.48. The summed E-state index contributed by atoms with van der Waals surface area (Å²) in [4.78, 5) is 16.6. The van der Waals surface area contributed by atoms with Gasteiger partial charge < -0.3 is 0 Å². The Bertz CT molecular complexity index is 988. The maximum absolute atomic E-state index is 14.4. The van der Waals surface area contributed by atoms with Gasteiger partial charge in [0.1, 0.15) is 29.1 Å². The van der Waals surface area contributed by atoms with Crippen molar-refractivity contribution in [1.29, 1.82) is 5.26 Å². The summed E-state index contributed by atoms with van der Waals surface area (Å²) in [6.45, 7) is 1.84. The van der Waals surface area contributed by atoms with Crippen molar-refractivity contribution in [1.82, 2.24) is 14.6 Å². The molecule has 0 atom stereocenters. The molecule has 120 valence electrons. The van der Waals surface area contributed by atoms with E-state index < -0.39 is 17.2 Å². The van der Waals surface area contributed by atoms with Crippen molar-refractivity contribution in [3.05, 3.63) is 53.4 Å². The lowest BCUT2D eigenvalue weighted by molar-refractivity contribution is 0.0978. The highest BCUT2D eigenvalue weighted by Gasteiger charge is 2.24. The fraction of sp³-hybridized carbons (Fsp3) is 0.176. The van der Waals surface area contributed by atoms with E-state index in [2.05, 4.69) is 10.1 Å². The van der Waals surface area contributed by atoms with Crippen LogP contribution in [0.2, 0.25) is 0 Å². The van der Waals surface area contributed by atoms with Gasteiger partial charge >= 0.3 is 0 Å². The lowest BCUT2D eigenvalue weighted by atomic mass is 10.0. The summed E-state index contributed by atoms with van der Waals surface area (Å²) in [6, 6.07) is 6.54. The molecule has 0 fully saturated rings. The number of aromatic nitrogens is 3. The van der Waals surface area contributed by atoms with Gasteiger partial charge in [-0.3, -0.25) is 4.79 Å². The molecule has 0 amide bonds. The van der Waals surface area contributed by atoms with E-state index in [9.17, 15) is 13.6 Å². The molecule has 7 heteroatoms. The van der Waals surface area contributed by atoms with Gasteiger partial charge in [0.15, 0.2) is 11.4 Å². The average molecular weight is 326 g/mol. The molecule has 1 aromatic carbocycles. The number of imidazole rings is 1. The van der Waals surface area contributed by atoms with Gasteiger partial charge in [0.25, 0.3) is 0 Å². The van der Waals surface area contributed by atoms with Gasteiger partial charge in [-0.15, -0.1) is 0 Å². The molecule has 0 aliphatic rings. The molecule has 5 nitrogen and oxygen atoms in total. The number of hydrogen-bond donors (Lipinski definition) is 0. The van der Waals surface area contributed by atoms with Crippen LogP contribution in [-0.2, 0) is 0 Å². The number of carbonyl (C=O) groups excluding carboxylic acids is 1. The number of nitriles is 1. The predicted molar refractivity (Wildman–Crippen MR) is 82.3 cm³/mol. The smallest absolute Gasteiger partial charge is 0.183 e. The van der Waals surface area contributed by atoms with Gasteiger partial charge in [-0.1, -0.05) is 6.92 Å². The Kier molecular flexibility index (Phi) is 4.04. The topological polar surface area (TPSA) is 71.1 Å². The zero-order valence-corrected chi connectivity index (χ0v) is 12.8. The van der Waals surface area contributed by atoms with Gasteiger partial charge in [0.2, 0.25) is 0 Å². The maximum atomic E-state index is 14.4. The minimum Gasteiger partial charge on any atom is -0.292 e. The number of nitrogens with zero attached hydrogens (tertiary/aromatic N) is 4. The number of carbonyl (C=O) groups is 1. The fourth-order valence-corrected chi connectivity index (χ4v) is 2.48. The molecule has 0 N–H and O–H groups in total. The van der Waals surface area contributed by atoms with Crippen LogP contribution in [0, 0.1) is 23.0 Å². The molecule has 3 aromatic rings. The molecular weight excluding hydrogens is 314 g/mol. The Morgan fingerprint density at radius 2 is 2.12 bits per heavy atom. The van der Waals surface area contributed by atoms with Gasteiger partial charge in [0.05, 0.1) is 5.56 Å². The summed E-state index contributed by atoms with van der Waals surface area (Å²) in [6.07, 6.45) is 2.30. The minimum absolute atomic E-state index is 0.0403. The third-order valence-corrected chi connectivity index (χ3v) is 3.57. The van der Waals surface area contributed by atoms with Crippen LogP contribution in [-0.4, -0.2) is 20.4 Å². The quantitative estimate of drug-likeness (QED) is 0.688. The van der Waals surface area contributed by atoms with E-state index >= 15 is 0 Å². The van der Waals surface area contributed by atoms with Crippen LogP contribution in [0.5, 0.6) is 0 Å². The van der Waals surface area contributed by atoms with E-state index in [1.165, 1.54) is 10.7 Å². The highest BCUT2D eigenvalue weighted by Crippen LogP contribution is 2.30. The van der Waals surface area contributed by atoms with E-state index in [4.69, 9.17) is 5.26 Å². The molecule has 0 saturated carbocycles. The highest BCUT2D eigenvalue weighted by molar-refractivity contribution is 6.00. The normalized spacial score (nSPS) is 10.8. The van der Waals surface area contributed by atoms with Crippen LogP contribution in [0.4, 0.5) is 8.78 Å². The van der Waals surface area contributed by atoms with Gasteiger partial charge in [-0.05, 0) is 30.7 Å². The Morgan fingerprint density at radius 1 is 1.33 bits per heavy atom. The summed E-state index contributed by atoms with van der Waals surface area (Å²) < 4.78 is 29.7. The SMILES string of the molecule is CCCC(=O)c1nc2cccnn2c1-c1cc(F)c(C#N)cc1F. The van der Waals surface area contributed by atoms with Crippen molar-refractivity contribution < 1.29 is 13.6 Å². The predicted octanol–water partition coefficient (Wildman–Crippen LogP) is 3.53.